The van der Waals surface area contributed by atoms with Crippen LogP contribution in [0.15, 0.2) is 12.4 Å². The predicted molar refractivity (Wildman–Crippen MR) is 72.3 cm³/mol. The standard InChI is InChI=1S/C14H24N4/c1-14(5-6-15-10-14)11-18-9-3-2-4-12(18)13-16-7-8-17-13/h7-8,12,15H,2-6,9-11H2,1H3,(H,16,17). The SMILES string of the molecule is CC1(CN2CCCCC2c2ncc[nH]2)CCNC1. The van der Waals surface area contributed by atoms with Crippen LogP contribution >= 0.6 is 0 Å². The van der Waals surface area contributed by atoms with Crippen molar-refractivity contribution in [2.75, 3.05) is 26.2 Å². The third kappa shape index (κ3) is 2.45. The van der Waals surface area contributed by atoms with E-state index in [1.54, 1.807) is 0 Å². The second-order valence-electron chi connectivity index (χ2n) is 6.19. The molecule has 1 aromatic rings. The lowest BCUT2D eigenvalue weighted by Crippen LogP contribution is -2.42. The average Bonchev–Trinajstić information content (AvgIpc) is 3.01. The first-order valence-electron chi connectivity index (χ1n) is 7.21. The highest BCUT2D eigenvalue weighted by Crippen LogP contribution is 2.34. The number of nitrogens with zero attached hydrogens (tertiary/aromatic N) is 2. The number of rotatable bonds is 3. The van der Waals surface area contributed by atoms with Gasteiger partial charge in [0.1, 0.15) is 5.82 Å². The van der Waals surface area contributed by atoms with Crippen molar-refractivity contribution in [2.24, 2.45) is 5.41 Å². The first kappa shape index (κ1) is 12.2. The van der Waals surface area contributed by atoms with E-state index in [9.17, 15) is 0 Å². The maximum Gasteiger partial charge on any atom is 0.123 e. The Morgan fingerprint density at radius 2 is 2.44 bits per heavy atom. The fourth-order valence-corrected chi connectivity index (χ4v) is 3.44. The molecule has 2 saturated heterocycles. The molecule has 3 heterocycles. The van der Waals surface area contributed by atoms with Crippen LogP contribution in [0.3, 0.4) is 0 Å². The second kappa shape index (κ2) is 5.02. The summed E-state index contributed by atoms with van der Waals surface area (Å²) in [4.78, 5) is 10.4. The zero-order chi connectivity index (χ0) is 12.4. The molecule has 0 aromatic carbocycles. The van der Waals surface area contributed by atoms with Crippen molar-refractivity contribution < 1.29 is 0 Å². The Morgan fingerprint density at radius 3 is 3.17 bits per heavy atom. The van der Waals surface area contributed by atoms with Gasteiger partial charge in [-0.3, -0.25) is 4.90 Å². The maximum atomic E-state index is 4.47. The van der Waals surface area contributed by atoms with Crippen LogP contribution in [0.1, 0.15) is 44.5 Å². The minimum absolute atomic E-state index is 0.447. The van der Waals surface area contributed by atoms with Crippen LogP contribution in [-0.2, 0) is 0 Å². The van der Waals surface area contributed by atoms with E-state index in [1.165, 1.54) is 45.3 Å². The van der Waals surface area contributed by atoms with E-state index in [1.807, 2.05) is 12.4 Å². The fraction of sp³-hybridized carbons (Fsp3) is 0.786. The van der Waals surface area contributed by atoms with Crippen LogP contribution in [0.25, 0.3) is 0 Å². The maximum absolute atomic E-state index is 4.47. The zero-order valence-corrected chi connectivity index (χ0v) is 11.3. The largest absolute Gasteiger partial charge is 0.347 e. The molecule has 0 spiro atoms. The van der Waals surface area contributed by atoms with Crippen LogP contribution in [0, 0.1) is 5.41 Å². The molecular formula is C14H24N4. The number of likely N-dealkylation sites (tertiary alicyclic amines) is 1. The summed E-state index contributed by atoms with van der Waals surface area (Å²) in [5.74, 6) is 1.16. The molecule has 0 saturated carbocycles. The van der Waals surface area contributed by atoms with Crippen LogP contribution in [0.2, 0.25) is 0 Å². The Balaban J connectivity index is 1.72. The molecule has 2 fully saturated rings. The topological polar surface area (TPSA) is 44.0 Å². The number of H-pyrrole nitrogens is 1. The molecule has 1 aromatic heterocycles. The van der Waals surface area contributed by atoms with E-state index < -0.39 is 0 Å². The molecule has 2 aliphatic heterocycles. The van der Waals surface area contributed by atoms with E-state index in [0.717, 1.165) is 12.4 Å². The third-order valence-electron chi connectivity index (χ3n) is 4.49. The van der Waals surface area contributed by atoms with Gasteiger partial charge in [0.15, 0.2) is 0 Å². The number of piperidine rings is 1. The Labute approximate surface area is 109 Å². The highest BCUT2D eigenvalue weighted by Gasteiger charge is 2.35. The lowest BCUT2D eigenvalue weighted by atomic mass is 9.87. The number of nitrogens with one attached hydrogen (secondary N) is 2. The summed E-state index contributed by atoms with van der Waals surface area (Å²) >= 11 is 0. The van der Waals surface area contributed by atoms with Gasteiger partial charge < -0.3 is 10.3 Å². The van der Waals surface area contributed by atoms with Crippen molar-refractivity contribution in [2.45, 2.75) is 38.6 Å². The number of hydrogen-bond acceptors (Lipinski definition) is 3. The van der Waals surface area contributed by atoms with Gasteiger partial charge in [-0.25, -0.2) is 4.98 Å². The zero-order valence-electron chi connectivity index (χ0n) is 11.3. The molecule has 2 N–H and O–H groups in total. The highest BCUT2D eigenvalue weighted by atomic mass is 15.2. The van der Waals surface area contributed by atoms with Crippen molar-refractivity contribution in [1.29, 1.82) is 0 Å². The van der Waals surface area contributed by atoms with Gasteiger partial charge >= 0.3 is 0 Å². The smallest absolute Gasteiger partial charge is 0.123 e. The second-order valence-corrected chi connectivity index (χ2v) is 6.19. The molecule has 18 heavy (non-hydrogen) atoms. The molecule has 100 valence electrons. The van der Waals surface area contributed by atoms with Gasteiger partial charge in [0.2, 0.25) is 0 Å². The summed E-state index contributed by atoms with van der Waals surface area (Å²) in [6.07, 6.45) is 9.03. The summed E-state index contributed by atoms with van der Waals surface area (Å²) in [5.41, 5.74) is 0.447. The molecule has 4 heteroatoms. The van der Waals surface area contributed by atoms with E-state index in [-0.39, 0.29) is 0 Å². The molecule has 0 radical (unpaired) electrons. The van der Waals surface area contributed by atoms with Crippen molar-refractivity contribution in [1.82, 2.24) is 20.2 Å². The molecule has 2 unspecified atom stereocenters. The number of hydrogen-bond donors (Lipinski definition) is 2. The first-order chi connectivity index (χ1) is 8.77. The Kier molecular flexibility index (Phi) is 3.39. The number of aromatic nitrogens is 2. The molecule has 2 atom stereocenters. The summed E-state index contributed by atoms with van der Waals surface area (Å²) in [6, 6.07) is 0.506. The summed E-state index contributed by atoms with van der Waals surface area (Å²) in [5, 5.41) is 3.50. The molecule has 3 rings (SSSR count). The van der Waals surface area contributed by atoms with Gasteiger partial charge in [0, 0.05) is 25.5 Å². The van der Waals surface area contributed by atoms with Crippen molar-refractivity contribution in [3.05, 3.63) is 18.2 Å². The van der Waals surface area contributed by atoms with Crippen LogP contribution < -0.4 is 5.32 Å². The van der Waals surface area contributed by atoms with Gasteiger partial charge in [-0.1, -0.05) is 13.3 Å². The fourth-order valence-electron chi connectivity index (χ4n) is 3.44. The van der Waals surface area contributed by atoms with Crippen molar-refractivity contribution >= 4 is 0 Å². The molecule has 0 amide bonds. The van der Waals surface area contributed by atoms with Gasteiger partial charge in [0.05, 0.1) is 6.04 Å². The van der Waals surface area contributed by atoms with Gasteiger partial charge in [0.25, 0.3) is 0 Å². The number of aromatic amines is 1. The molecule has 2 aliphatic rings. The minimum Gasteiger partial charge on any atom is -0.347 e. The van der Waals surface area contributed by atoms with Crippen molar-refractivity contribution in [3.63, 3.8) is 0 Å². The van der Waals surface area contributed by atoms with Gasteiger partial charge in [-0.2, -0.15) is 0 Å². The summed E-state index contributed by atoms with van der Waals surface area (Å²) < 4.78 is 0. The van der Waals surface area contributed by atoms with E-state index >= 15 is 0 Å². The number of imidazole rings is 1. The molecule has 4 nitrogen and oxygen atoms in total. The normalized spacial score (nSPS) is 33.9. The van der Waals surface area contributed by atoms with E-state index in [0.29, 0.717) is 11.5 Å². The average molecular weight is 248 g/mol. The van der Waals surface area contributed by atoms with Crippen molar-refractivity contribution in [3.8, 4) is 0 Å². The Morgan fingerprint density at radius 1 is 1.50 bits per heavy atom. The van der Waals surface area contributed by atoms with Crippen LogP contribution in [0.4, 0.5) is 0 Å². The van der Waals surface area contributed by atoms with Crippen LogP contribution in [0.5, 0.6) is 0 Å². The Bertz CT molecular complexity index is 367. The third-order valence-corrected chi connectivity index (χ3v) is 4.49. The molecule has 0 bridgehead atoms. The lowest BCUT2D eigenvalue weighted by molar-refractivity contribution is 0.0917. The quantitative estimate of drug-likeness (QED) is 0.859. The lowest BCUT2D eigenvalue weighted by Gasteiger charge is -2.39. The van der Waals surface area contributed by atoms with Gasteiger partial charge in [-0.15, -0.1) is 0 Å². The Hall–Kier alpha value is -0.870. The van der Waals surface area contributed by atoms with E-state index in [4.69, 9.17) is 0 Å². The summed E-state index contributed by atoms with van der Waals surface area (Å²) in [7, 11) is 0. The minimum atomic E-state index is 0.447. The van der Waals surface area contributed by atoms with Crippen LogP contribution in [-0.4, -0.2) is 41.0 Å². The van der Waals surface area contributed by atoms with E-state index in [2.05, 4.69) is 27.1 Å². The highest BCUT2D eigenvalue weighted by molar-refractivity contribution is 5.00. The van der Waals surface area contributed by atoms with Gasteiger partial charge in [-0.05, 0) is 37.8 Å². The molecular weight excluding hydrogens is 224 g/mol. The predicted octanol–water partition coefficient (Wildman–Crippen LogP) is 1.94. The first-order valence-corrected chi connectivity index (χ1v) is 7.21. The monoisotopic (exact) mass is 248 g/mol. The molecule has 0 aliphatic carbocycles. The summed E-state index contributed by atoms with van der Waals surface area (Å²) in [6.45, 7) is 7.18.